The first kappa shape index (κ1) is 21.0. The quantitative estimate of drug-likeness (QED) is 0.502. The number of nitrogens with one attached hydrogen (secondary N) is 2. The molecule has 3 N–H and O–H groups in total. The Kier molecular flexibility index (Phi) is 6.15. The SMILES string of the molecule is CC(C)=CCC(NC(=O)Nc1ccc(-c2nc3cc(C)ccc3o2)cc1F)C(=O)O. The van der Waals surface area contributed by atoms with Crippen LogP contribution >= 0.6 is 0 Å². The molecule has 0 bridgehead atoms. The zero-order valence-electron chi connectivity index (χ0n) is 16.8. The lowest BCUT2D eigenvalue weighted by Gasteiger charge is -2.14. The molecule has 1 aromatic heterocycles. The monoisotopic (exact) mass is 411 g/mol. The Hall–Kier alpha value is -3.68. The number of aromatic nitrogens is 1. The highest BCUT2D eigenvalue weighted by molar-refractivity contribution is 5.92. The average molecular weight is 411 g/mol. The molecule has 2 amide bonds. The lowest BCUT2D eigenvalue weighted by atomic mass is 10.1. The maximum Gasteiger partial charge on any atom is 0.326 e. The van der Waals surface area contributed by atoms with Gasteiger partial charge in [-0.05, 0) is 63.1 Å². The number of hydrogen-bond donors (Lipinski definition) is 3. The van der Waals surface area contributed by atoms with Crippen LogP contribution in [0.15, 0.2) is 52.5 Å². The molecule has 0 fully saturated rings. The van der Waals surface area contributed by atoms with E-state index in [4.69, 9.17) is 4.42 Å². The number of oxazole rings is 1. The molecule has 30 heavy (non-hydrogen) atoms. The van der Waals surface area contributed by atoms with E-state index in [0.29, 0.717) is 16.7 Å². The van der Waals surface area contributed by atoms with Gasteiger partial charge in [-0.25, -0.2) is 19.0 Å². The minimum Gasteiger partial charge on any atom is -0.480 e. The number of nitrogens with zero attached hydrogens (tertiary/aromatic N) is 1. The molecule has 8 heteroatoms. The Morgan fingerprint density at radius 1 is 1.23 bits per heavy atom. The zero-order valence-corrected chi connectivity index (χ0v) is 16.8. The van der Waals surface area contributed by atoms with Crippen molar-refractivity contribution in [2.45, 2.75) is 33.2 Å². The number of aliphatic carboxylic acids is 1. The lowest BCUT2D eigenvalue weighted by molar-refractivity contribution is -0.139. The molecule has 0 spiro atoms. The molecule has 0 saturated carbocycles. The van der Waals surface area contributed by atoms with Gasteiger partial charge in [0.2, 0.25) is 5.89 Å². The highest BCUT2D eigenvalue weighted by Crippen LogP contribution is 2.27. The maximum atomic E-state index is 14.5. The highest BCUT2D eigenvalue weighted by atomic mass is 19.1. The molecule has 156 valence electrons. The van der Waals surface area contributed by atoms with E-state index in [-0.39, 0.29) is 18.0 Å². The number of rotatable bonds is 6. The fourth-order valence-electron chi connectivity index (χ4n) is 2.80. The summed E-state index contributed by atoms with van der Waals surface area (Å²) >= 11 is 0. The fourth-order valence-corrected chi connectivity index (χ4v) is 2.80. The first-order valence-electron chi connectivity index (χ1n) is 9.33. The smallest absolute Gasteiger partial charge is 0.326 e. The standard InChI is InChI=1S/C22H22FN3O4/c1-12(2)4-7-17(21(27)28)26-22(29)25-16-8-6-14(11-15(16)23)20-24-18-10-13(3)5-9-19(18)30-20/h4-6,8-11,17H,7H2,1-3H3,(H,27,28)(H2,25,26,29). The van der Waals surface area contributed by atoms with Crippen molar-refractivity contribution in [1.82, 2.24) is 10.3 Å². The summed E-state index contributed by atoms with van der Waals surface area (Å²) in [5.41, 5.74) is 3.55. The molecule has 0 radical (unpaired) electrons. The number of allylic oxidation sites excluding steroid dienone is 1. The number of benzene rings is 2. The molecule has 0 saturated heterocycles. The summed E-state index contributed by atoms with van der Waals surface area (Å²) in [6.45, 7) is 5.59. The first-order valence-corrected chi connectivity index (χ1v) is 9.33. The van der Waals surface area contributed by atoms with Gasteiger partial charge in [0, 0.05) is 5.56 Å². The molecule has 3 aromatic rings. The predicted molar refractivity (Wildman–Crippen MR) is 112 cm³/mol. The van der Waals surface area contributed by atoms with E-state index in [1.54, 1.807) is 18.2 Å². The van der Waals surface area contributed by atoms with Crippen LogP contribution < -0.4 is 10.6 Å². The Morgan fingerprint density at radius 3 is 2.67 bits per heavy atom. The number of fused-ring (bicyclic) bond motifs is 1. The third-order valence-electron chi connectivity index (χ3n) is 4.37. The van der Waals surface area contributed by atoms with Crippen molar-refractivity contribution < 1.29 is 23.5 Å². The van der Waals surface area contributed by atoms with Crippen LogP contribution in [0.5, 0.6) is 0 Å². The van der Waals surface area contributed by atoms with Crippen LogP contribution in [0.2, 0.25) is 0 Å². The normalized spacial score (nSPS) is 11.7. The molecule has 0 aliphatic heterocycles. The number of amides is 2. The summed E-state index contributed by atoms with van der Waals surface area (Å²) in [5, 5.41) is 13.9. The number of aryl methyl sites for hydroxylation is 1. The Labute approximate surface area is 172 Å². The number of carboxylic acid groups (broad SMARTS) is 1. The van der Waals surface area contributed by atoms with Crippen molar-refractivity contribution >= 4 is 28.8 Å². The first-order chi connectivity index (χ1) is 14.2. The van der Waals surface area contributed by atoms with E-state index in [1.807, 2.05) is 32.9 Å². The van der Waals surface area contributed by atoms with Gasteiger partial charge in [0.25, 0.3) is 0 Å². The molecule has 1 unspecified atom stereocenters. The van der Waals surface area contributed by atoms with Crippen LogP contribution in [-0.4, -0.2) is 28.1 Å². The number of carbonyl (C=O) groups excluding carboxylic acids is 1. The molecule has 2 aromatic carbocycles. The van der Waals surface area contributed by atoms with Gasteiger partial charge in [0.15, 0.2) is 5.58 Å². The van der Waals surface area contributed by atoms with Gasteiger partial charge >= 0.3 is 12.0 Å². The van der Waals surface area contributed by atoms with E-state index in [9.17, 15) is 19.1 Å². The topological polar surface area (TPSA) is 104 Å². The van der Waals surface area contributed by atoms with Gasteiger partial charge in [0.05, 0.1) is 5.69 Å². The van der Waals surface area contributed by atoms with Gasteiger partial charge in [-0.1, -0.05) is 17.7 Å². The molecule has 0 aliphatic rings. The minimum atomic E-state index is -1.18. The molecule has 7 nitrogen and oxygen atoms in total. The van der Waals surface area contributed by atoms with Crippen molar-refractivity contribution in [3.8, 4) is 11.5 Å². The third-order valence-corrected chi connectivity index (χ3v) is 4.37. The molecule has 1 atom stereocenters. The summed E-state index contributed by atoms with van der Waals surface area (Å²) in [6.07, 6.45) is 1.83. The van der Waals surface area contributed by atoms with Crippen molar-refractivity contribution in [1.29, 1.82) is 0 Å². The van der Waals surface area contributed by atoms with Crippen LogP contribution in [0.25, 0.3) is 22.6 Å². The zero-order chi connectivity index (χ0) is 21.8. The molecule has 0 aliphatic carbocycles. The Morgan fingerprint density at radius 2 is 2.00 bits per heavy atom. The predicted octanol–water partition coefficient (Wildman–Crippen LogP) is 4.87. The van der Waals surface area contributed by atoms with Crippen molar-refractivity contribution in [2.24, 2.45) is 0 Å². The van der Waals surface area contributed by atoms with E-state index >= 15 is 0 Å². The van der Waals surface area contributed by atoms with Gasteiger partial charge in [-0.3, -0.25) is 0 Å². The second kappa shape index (κ2) is 8.77. The summed E-state index contributed by atoms with van der Waals surface area (Å²) < 4.78 is 20.2. The van der Waals surface area contributed by atoms with Crippen LogP contribution in [0.1, 0.15) is 25.8 Å². The van der Waals surface area contributed by atoms with Gasteiger partial charge in [-0.2, -0.15) is 0 Å². The number of anilines is 1. The molecule has 1 heterocycles. The number of halogens is 1. The molecule has 3 rings (SSSR count). The van der Waals surface area contributed by atoms with E-state index in [1.165, 1.54) is 12.1 Å². The maximum absolute atomic E-state index is 14.5. The van der Waals surface area contributed by atoms with Crippen LogP contribution in [0, 0.1) is 12.7 Å². The van der Waals surface area contributed by atoms with Crippen LogP contribution in [0.3, 0.4) is 0 Å². The van der Waals surface area contributed by atoms with Crippen LogP contribution in [-0.2, 0) is 4.79 Å². The largest absolute Gasteiger partial charge is 0.480 e. The number of carbonyl (C=O) groups is 2. The average Bonchev–Trinajstić information content (AvgIpc) is 3.09. The van der Waals surface area contributed by atoms with Gasteiger partial charge < -0.3 is 20.2 Å². The third kappa shape index (κ3) is 5.02. The van der Waals surface area contributed by atoms with Crippen molar-refractivity contribution in [2.75, 3.05) is 5.32 Å². The lowest BCUT2D eigenvalue weighted by Crippen LogP contribution is -2.42. The van der Waals surface area contributed by atoms with Crippen molar-refractivity contribution in [3.05, 3.63) is 59.4 Å². The summed E-state index contributed by atoms with van der Waals surface area (Å²) in [7, 11) is 0. The second-order valence-electron chi connectivity index (χ2n) is 7.19. The van der Waals surface area contributed by atoms with E-state index in [2.05, 4.69) is 15.6 Å². The van der Waals surface area contributed by atoms with E-state index < -0.39 is 23.9 Å². The van der Waals surface area contributed by atoms with Gasteiger partial charge in [0.1, 0.15) is 17.4 Å². The van der Waals surface area contributed by atoms with E-state index in [0.717, 1.165) is 11.1 Å². The fraction of sp³-hybridized carbons (Fsp3) is 0.227. The summed E-state index contributed by atoms with van der Waals surface area (Å²) in [4.78, 5) is 27.8. The summed E-state index contributed by atoms with van der Waals surface area (Å²) in [6, 6.07) is 7.76. The van der Waals surface area contributed by atoms with Gasteiger partial charge in [-0.15, -0.1) is 0 Å². The summed E-state index contributed by atoms with van der Waals surface area (Å²) in [5.74, 6) is -1.61. The molecular weight excluding hydrogens is 389 g/mol. The van der Waals surface area contributed by atoms with Crippen LogP contribution in [0.4, 0.5) is 14.9 Å². The minimum absolute atomic E-state index is 0.0884. The number of hydrogen-bond acceptors (Lipinski definition) is 4. The number of carboxylic acids is 1. The second-order valence-corrected chi connectivity index (χ2v) is 7.19. The highest BCUT2D eigenvalue weighted by Gasteiger charge is 2.19. The van der Waals surface area contributed by atoms with Crippen molar-refractivity contribution in [3.63, 3.8) is 0 Å². The Bertz CT molecular complexity index is 1130. The Balaban J connectivity index is 1.73. The molecular formula is C22H22FN3O4. The number of urea groups is 1.